The molecule has 0 saturated carbocycles. The monoisotopic (exact) mass is 371 g/mol. The molecule has 1 atom stereocenters. The number of methoxy groups -OCH3 is 1. The quantitative estimate of drug-likeness (QED) is 0.707. The van der Waals surface area contributed by atoms with Crippen LogP contribution in [0, 0.1) is 0 Å². The van der Waals surface area contributed by atoms with Crippen LogP contribution in [0.4, 0.5) is 0 Å². The summed E-state index contributed by atoms with van der Waals surface area (Å²) in [6, 6.07) is 4.37. The van der Waals surface area contributed by atoms with E-state index in [9.17, 15) is 13.2 Å². The molecule has 25 heavy (non-hydrogen) atoms. The summed E-state index contributed by atoms with van der Waals surface area (Å²) >= 11 is 0. The Bertz CT molecular complexity index is 700. The van der Waals surface area contributed by atoms with Crippen molar-refractivity contribution >= 4 is 15.9 Å². The minimum absolute atomic E-state index is 0.0169. The van der Waals surface area contributed by atoms with Crippen molar-refractivity contribution in [2.24, 2.45) is 5.73 Å². The zero-order valence-corrected chi connectivity index (χ0v) is 15.3. The molecule has 2 rings (SSSR count). The van der Waals surface area contributed by atoms with Crippen LogP contribution < -0.4 is 15.8 Å². The Morgan fingerprint density at radius 3 is 2.68 bits per heavy atom. The summed E-state index contributed by atoms with van der Waals surface area (Å²) in [5, 5.41) is 2.74. The first kappa shape index (κ1) is 19.6. The van der Waals surface area contributed by atoms with Gasteiger partial charge < -0.3 is 20.5 Å². The number of nitrogens with zero attached hydrogens (tertiary/aromatic N) is 1. The molecule has 1 aliphatic heterocycles. The molecule has 0 bridgehead atoms. The lowest BCUT2D eigenvalue weighted by Gasteiger charge is -2.26. The Balaban J connectivity index is 2.26. The molecule has 3 N–H and O–H groups in total. The Kier molecular flexibility index (Phi) is 6.77. The minimum Gasteiger partial charge on any atom is -0.495 e. The molecule has 1 saturated heterocycles. The van der Waals surface area contributed by atoms with E-state index in [4.69, 9.17) is 15.2 Å². The van der Waals surface area contributed by atoms with Crippen molar-refractivity contribution in [1.29, 1.82) is 0 Å². The third kappa shape index (κ3) is 4.91. The number of amides is 1. The number of hydrogen-bond acceptors (Lipinski definition) is 6. The van der Waals surface area contributed by atoms with Crippen molar-refractivity contribution in [3.05, 3.63) is 23.8 Å². The van der Waals surface area contributed by atoms with Crippen LogP contribution in [0.1, 0.15) is 23.7 Å². The van der Waals surface area contributed by atoms with E-state index in [-0.39, 0.29) is 41.2 Å². The third-order valence-corrected chi connectivity index (χ3v) is 5.82. The summed E-state index contributed by atoms with van der Waals surface area (Å²) in [7, 11) is -2.37. The van der Waals surface area contributed by atoms with Gasteiger partial charge in [0.2, 0.25) is 10.0 Å². The Hall–Kier alpha value is -1.68. The molecule has 140 valence electrons. The van der Waals surface area contributed by atoms with E-state index in [0.717, 1.165) is 0 Å². The number of ether oxygens (including phenoxy) is 2. The largest absolute Gasteiger partial charge is 0.495 e. The number of nitrogens with one attached hydrogen (secondary N) is 1. The number of carbonyl (C=O) groups is 1. The van der Waals surface area contributed by atoms with Crippen LogP contribution in [0.15, 0.2) is 23.1 Å². The second-order valence-electron chi connectivity index (χ2n) is 5.90. The van der Waals surface area contributed by atoms with Crippen molar-refractivity contribution < 1.29 is 22.7 Å². The number of hydrogen-bond donors (Lipinski definition) is 2. The lowest BCUT2D eigenvalue weighted by Crippen LogP contribution is -2.40. The molecule has 1 aromatic rings. The minimum atomic E-state index is -3.77. The van der Waals surface area contributed by atoms with Crippen LogP contribution in [0.5, 0.6) is 5.75 Å². The fourth-order valence-corrected chi connectivity index (χ4v) is 4.05. The highest BCUT2D eigenvalue weighted by Crippen LogP contribution is 2.28. The molecule has 0 radical (unpaired) electrons. The van der Waals surface area contributed by atoms with Crippen molar-refractivity contribution in [1.82, 2.24) is 9.62 Å². The van der Waals surface area contributed by atoms with Gasteiger partial charge in [0.15, 0.2) is 0 Å². The summed E-state index contributed by atoms with van der Waals surface area (Å²) < 4.78 is 37.5. The van der Waals surface area contributed by atoms with Gasteiger partial charge in [-0.15, -0.1) is 0 Å². The van der Waals surface area contributed by atoms with Gasteiger partial charge in [0, 0.05) is 31.2 Å². The predicted molar refractivity (Wildman–Crippen MR) is 93.2 cm³/mol. The number of sulfonamides is 1. The molecule has 0 aromatic heterocycles. The second-order valence-corrected chi connectivity index (χ2v) is 7.81. The Morgan fingerprint density at radius 1 is 1.40 bits per heavy atom. The maximum Gasteiger partial charge on any atom is 0.251 e. The van der Waals surface area contributed by atoms with Gasteiger partial charge in [0.1, 0.15) is 10.6 Å². The van der Waals surface area contributed by atoms with Crippen LogP contribution in [-0.2, 0) is 14.8 Å². The van der Waals surface area contributed by atoms with Gasteiger partial charge in [0.25, 0.3) is 5.91 Å². The number of carbonyl (C=O) groups excluding carboxylic acids is 1. The molecular formula is C16H25N3O5S. The fraction of sp³-hybridized carbons (Fsp3) is 0.562. The van der Waals surface area contributed by atoms with Crippen molar-refractivity contribution in [3.8, 4) is 5.75 Å². The van der Waals surface area contributed by atoms with Gasteiger partial charge in [-0.25, -0.2) is 8.42 Å². The molecule has 1 fully saturated rings. The van der Waals surface area contributed by atoms with E-state index < -0.39 is 10.0 Å². The SMILES string of the molecule is COc1ccc(C(=O)NCCC(C)N)cc1S(=O)(=O)N1CCOCC1. The first-order chi connectivity index (χ1) is 11.9. The molecule has 0 aliphatic carbocycles. The zero-order valence-electron chi connectivity index (χ0n) is 14.5. The van der Waals surface area contributed by atoms with Gasteiger partial charge in [-0.2, -0.15) is 4.31 Å². The van der Waals surface area contributed by atoms with Crippen LogP contribution in [0.3, 0.4) is 0 Å². The van der Waals surface area contributed by atoms with Gasteiger partial charge in [-0.1, -0.05) is 0 Å². The summed E-state index contributed by atoms with van der Waals surface area (Å²) in [6.07, 6.45) is 0.640. The van der Waals surface area contributed by atoms with Crippen molar-refractivity contribution in [2.45, 2.75) is 24.3 Å². The maximum atomic E-state index is 12.9. The Labute approximate surface area is 148 Å². The molecule has 8 nitrogen and oxygen atoms in total. The average molecular weight is 371 g/mol. The normalized spacial score (nSPS) is 17.1. The highest BCUT2D eigenvalue weighted by molar-refractivity contribution is 7.89. The molecule has 1 aliphatic rings. The zero-order chi connectivity index (χ0) is 18.4. The molecule has 1 aromatic carbocycles. The molecular weight excluding hydrogens is 346 g/mol. The summed E-state index contributed by atoms with van der Waals surface area (Å²) in [4.78, 5) is 12.2. The highest BCUT2D eigenvalue weighted by atomic mass is 32.2. The number of rotatable bonds is 7. The van der Waals surface area contributed by atoms with E-state index in [1.54, 1.807) is 6.07 Å². The highest BCUT2D eigenvalue weighted by Gasteiger charge is 2.30. The van der Waals surface area contributed by atoms with Crippen molar-refractivity contribution in [3.63, 3.8) is 0 Å². The van der Waals surface area contributed by atoms with Gasteiger partial charge in [0.05, 0.1) is 20.3 Å². The van der Waals surface area contributed by atoms with Crippen molar-refractivity contribution in [2.75, 3.05) is 40.0 Å². The summed E-state index contributed by atoms with van der Waals surface area (Å²) in [5.74, 6) is -0.139. The molecule has 1 unspecified atom stereocenters. The number of nitrogens with two attached hydrogens (primary N) is 1. The topological polar surface area (TPSA) is 111 Å². The van der Waals surface area contributed by atoms with Gasteiger partial charge in [-0.3, -0.25) is 4.79 Å². The second kappa shape index (κ2) is 8.61. The average Bonchev–Trinajstić information content (AvgIpc) is 2.61. The van der Waals surface area contributed by atoms with Gasteiger partial charge >= 0.3 is 0 Å². The van der Waals surface area contributed by atoms with Crippen LogP contribution in [0.2, 0.25) is 0 Å². The van der Waals surface area contributed by atoms with E-state index in [1.807, 2.05) is 6.92 Å². The molecule has 0 spiro atoms. The van der Waals surface area contributed by atoms with E-state index in [0.29, 0.717) is 26.2 Å². The molecule has 1 amide bonds. The number of benzene rings is 1. The summed E-state index contributed by atoms with van der Waals surface area (Å²) in [5.41, 5.74) is 5.92. The van der Waals surface area contributed by atoms with E-state index >= 15 is 0 Å². The van der Waals surface area contributed by atoms with Crippen LogP contribution in [0.25, 0.3) is 0 Å². The first-order valence-corrected chi connectivity index (χ1v) is 9.60. The smallest absolute Gasteiger partial charge is 0.251 e. The lowest BCUT2D eigenvalue weighted by molar-refractivity contribution is 0.0729. The van der Waals surface area contributed by atoms with E-state index in [1.165, 1.54) is 23.5 Å². The standard InChI is InChI=1S/C16H25N3O5S/c1-12(17)5-6-18-16(20)13-3-4-14(23-2)15(11-13)25(21,22)19-7-9-24-10-8-19/h3-4,11-12H,5-10,17H2,1-2H3,(H,18,20). The predicted octanol–water partition coefficient (Wildman–Crippen LogP) is 0.183. The third-order valence-electron chi connectivity index (χ3n) is 3.90. The first-order valence-electron chi connectivity index (χ1n) is 8.16. The van der Waals surface area contributed by atoms with E-state index in [2.05, 4.69) is 5.32 Å². The number of morpholine rings is 1. The molecule has 9 heteroatoms. The van der Waals surface area contributed by atoms with Crippen LogP contribution >= 0.6 is 0 Å². The maximum absolute atomic E-state index is 12.9. The molecule has 1 heterocycles. The summed E-state index contributed by atoms with van der Waals surface area (Å²) in [6.45, 7) is 3.52. The lowest BCUT2D eigenvalue weighted by atomic mass is 10.2. The fourth-order valence-electron chi connectivity index (χ4n) is 2.46. The Morgan fingerprint density at radius 2 is 2.08 bits per heavy atom. The van der Waals surface area contributed by atoms with Gasteiger partial charge in [-0.05, 0) is 31.5 Å². The van der Waals surface area contributed by atoms with Crippen LogP contribution in [-0.4, -0.2) is 64.6 Å².